The molecule has 1 aromatic heterocycles. The monoisotopic (exact) mass is 321 g/mol. The van der Waals surface area contributed by atoms with Gasteiger partial charge < -0.3 is 10.0 Å². The van der Waals surface area contributed by atoms with Gasteiger partial charge in [-0.05, 0) is 31.0 Å². The minimum Gasteiger partial charge on any atom is -0.384 e. The molecule has 1 aliphatic rings. The highest BCUT2D eigenvalue weighted by Gasteiger charge is 2.41. The van der Waals surface area contributed by atoms with Crippen LogP contribution in [0.25, 0.3) is 5.69 Å². The molecule has 1 N–H and O–H groups in total. The summed E-state index contributed by atoms with van der Waals surface area (Å²) in [6.07, 6.45) is -1.37. The number of likely N-dealkylation sites (tertiary alicyclic amines) is 1. The molecule has 1 saturated heterocycles. The number of para-hydroxylation sites is 1. The summed E-state index contributed by atoms with van der Waals surface area (Å²) in [4.78, 5) is 13.9. The molecule has 1 aliphatic heterocycles. The Morgan fingerprint density at radius 1 is 1.17 bits per heavy atom. The lowest BCUT2D eigenvalue weighted by Crippen LogP contribution is -2.50. The van der Waals surface area contributed by atoms with E-state index < -0.39 is 12.0 Å². The summed E-state index contributed by atoms with van der Waals surface area (Å²) in [5.41, 5.74) is -0.895. The molecule has 1 aromatic carbocycles. The number of aliphatic hydroxyl groups is 1. The van der Waals surface area contributed by atoms with Crippen molar-refractivity contribution in [3.63, 3.8) is 0 Å². The van der Waals surface area contributed by atoms with Crippen molar-refractivity contribution in [3.05, 3.63) is 48.3 Å². The van der Waals surface area contributed by atoms with Crippen LogP contribution in [0.2, 0.25) is 0 Å². The van der Waals surface area contributed by atoms with Crippen LogP contribution < -0.4 is 0 Å². The molecule has 2 aromatic rings. The minimum atomic E-state index is -2.79. The molecular formula is C16H17F2N3O2. The summed E-state index contributed by atoms with van der Waals surface area (Å²) in [6, 6.07) is 11.0. The first kappa shape index (κ1) is 15.6. The SMILES string of the molecule is O=C(c1ccn(-c2ccccc2)n1)N1CCC(O)(C(F)F)CC1. The van der Waals surface area contributed by atoms with Crippen LogP contribution in [-0.4, -0.2) is 50.8 Å². The second kappa shape index (κ2) is 6.08. The summed E-state index contributed by atoms with van der Waals surface area (Å²) in [6.45, 7) is 0.190. The number of alkyl halides is 2. The van der Waals surface area contributed by atoms with Gasteiger partial charge in [0, 0.05) is 19.3 Å². The molecular weight excluding hydrogens is 304 g/mol. The topological polar surface area (TPSA) is 58.4 Å². The van der Waals surface area contributed by atoms with Crippen molar-refractivity contribution in [3.8, 4) is 5.69 Å². The van der Waals surface area contributed by atoms with Crippen molar-refractivity contribution in [2.45, 2.75) is 24.9 Å². The van der Waals surface area contributed by atoms with E-state index in [0.717, 1.165) is 5.69 Å². The molecule has 23 heavy (non-hydrogen) atoms. The summed E-state index contributed by atoms with van der Waals surface area (Å²) >= 11 is 0. The van der Waals surface area contributed by atoms with E-state index >= 15 is 0 Å². The van der Waals surface area contributed by atoms with Gasteiger partial charge in [0.15, 0.2) is 5.69 Å². The van der Waals surface area contributed by atoms with E-state index in [2.05, 4.69) is 5.10 Å². The van der Waals surface area contributed by atoms with Crippen molar-refractivity contribution in [1.82, 2.24) is 14.7 Å². The fourth-order valence-corrected chi connectivity index (χ4v) is 2.64. The maximum atomic E-state index is 12.8. The van der Waals surface area contributed by atoms with Crippen LogP contribution in [0.15, 0.2) is 42.6 Å². The lowest BCUT2D eigenvalue weighted by Gasteiger charge is -2.37. The Morgan fingerprint density at radius 2 is 1.83 bits per heavy atom. The zero-order valence-corrected chi connectivity index (χ0v) is 12.4. The first-order chi connectivity index (χ1) is 11.0. The van der Waals surface area contributed by atoms with Gasteiger partial charge in [-0.2, -0.15) is 5.10 Å². The van der Waals surface area contributed by atoms with E-state index in [1.54, 1.807) is 16.9 Å². The first-order valence-electron chi connectivity index (χ1n) is 7.40. The summed E-state index contributed by atoms with van der Waals surface area (Å²) in [5, 5.41) is 14.0. The largest absolute Gasteiger partial charge is 0.384 e. The maximum Gasteiger partial charge on any atom is 0.274 e. The number of benzene rings is 1. The molecule has 0 aliphatic carbocycles. The third-order valence-corrected chi connectivity index (χ3v) is 4.15. The van der Waals surface area contributed by atoms with Gasteiger partial charge in [0.2, 0.25) is 0 Å². The molecule has 7 heteroatoms. The lowest BCUT2D eigenvalue weighted by molar-refractivity contribution is -0.122. The molecule has 0 unspecified atom stereocenters. The Morgan fingerprint density at radius 3 is 2.43 bits per heavy atom. The van der Waals surface area contributed by atoms with Crippen molar-refractivity contribution < 1.29 is 18.7 Å². The van der Waals surface area contributed by atoms with E-state index in [1.807, 2.05) is 30.3 Å². The summed E-state index contributed by atoms with van der Waals surface area (Å²) in [7, 11) is 0. The normalized spacial score (nSPS) is 17.5. The molecule has 5 nitrogen and oxygen atoms in total. The number of rotatable bonds is 3. The van der Waals surface area contributed by atoms with Gasteiger partial charge in [-0.15, -0.1) is 0 Å². The number of amides is 1. The number of hydrogen-bond donors (Lipinski definition) is 1. The Bertz CT molecular complexity index is 680. The van der Waals surface area contributed by atoms with Crippen molar-refractivity contribution in [2.75, 3.05) is 13.1 Å². The third-order valence-electron chi connectivity index (χ3n) is 4.15. The molecule has 0 saturated carbocycles. The Hall–Kier alpha value is -2.28. The number of piperidine rings is 1. The van der Waals surface area contributed by atoms with E-state index in [-0.39, 0.29) is 37.5 Å². The lowest BCUT2D eigenvalue weighted by atomic mass is 9.92. The number of carbonyl (C=O) groups excluding carboxylic acids is 1. The standard InChI is InChI=1S/C16H17F2N3O2/c17-15(18)16(23)7-10-20(11-8-16)14(22)13-6-9-21(19-13)12-4-2-1-3-5-12/h1-6,9,15,23H,7-8,10-11H2. The van der Waals surface area contributed by atoms with Crippen LogP contribution in [0.5, 0.6) is 0 Å². The molecule has 1 amide bonds. The van der Waals surface area contributed by atoms with Gasteiger partial charge in [-0.3, -0.25) is 4.79 Å². The quantitative estimate of drug-likeness (QED) is 0.942. The van der Waals surface area contributed by atoms with Crippen LogP contribution in [-0.2, 0) is 0 Å². The highest BCUT2D eigenvalue weighted by atomic mass is 19.3. The van der Waals surface area contributed by atoms with Gasteiger partial charge >= 0.3 is 0 Å². The first-order valence-corrected chi connectivity index (χ1v) is 7.40. The van der Waals surface area contributed by atoms with Crippen molar-refractivity contribution in [1.29, 1.82) is 0 Å². The Kier molecular flexibility index (Phi) is 4.12. The van der Waals surface area contributed by atoms with Crippen LogP contribution in [0.4, 0.5) is 8.78 Å². The van der Waals surface area contributed by atoms with Crippen LogP contribution in [0.1, 0.15) is 23.3 Å². The predicted octanol–water partition coefficient (Wildman–Crippen LogP) is 2.10. The molecule has 2 heterocycles. The van der Waals surface area contributed by atoms with Crippen molar-refractivity contribution >= 4 is 5.91 Å². The predicted molar refractivity (Wildman–Crippen MR) is 79.7 cm³/mol. The molecule has 1 fully saturated rings. The van der Waals surface area contributed by atoms with Crippen LogP contribution in [0, 0.1) is 0 Å². The summed E-state index contributed by atoms with van der Waals surface area (Å²) in [5.74, 6) is -0.309. The average molecular weight is 321 g/mol. The molecule has 122 valence electrons. The summed E-state index contributed by atoms with van der Waals surface area (Å²) < 4.78 is 27.1. The number of carbonyl (C=O) groups is 1. The van der Waals surface area contributed by atoms with Gasteiger partial charge in [0.25, 0.3) is 12.3 Å². The van der Waals surface area contributed by atoms with E-state index in [4.69, 9.17) is 0 Å². The molecule has 0 atom stereocenters. The fraction of sp³-hybridized carbons (Fsp3) is 0.375. The fourth-order valence-electron chi connectivity index (χ4n) is 2.64. The van der Waals surface area contributed by atoms with E-state index in [1.165, 1.54) is 4.90 Å². The van der Waals surface area contributed by atoms with Crippen LogP contribution >= 0.6 is 0 Å². The third kappa shape index (κ3) is 3.10. The smallest absolute Gasteiger partial charge is 0.274 e. The van der Waals surface area contributed by atoms with Gasteiger partial charge in [-0.1, -0.05) is 18.2 Å². The molecule has 3 rings (SSSR count). The van der Waals surface area contributed by atoms with Gasteiger partial charge in [0.05, 0.1) is 5.69 Å². The highest BCUT2D eigenvalue weighted by Crippen LogP contribution is 2.29. The van der Waals surface area contributed by atoms with Gasteiger partial charge in [0.1, 0.15) is 5.60 Å². The van der Waals surface area contributed by atoms with Gasteiger partial charge in [-0.25, -0.2) is 13.5 Å². The number of hydrogen-bond acceptors (Lipinski definition) is 3. The molecule has 0 bridgehead atoms. The number of nitrogens with zero attached hydrogens (tertiary/aromatic N) is 3. The Balaban J connectivity index is 1.69. The number of halogens is 2. The molecule has 0 spiro atoms. The Labute approximate surface area is 132 Å². The second-order valence-corrected chi connectivity index (χ2v) is 5.68. The van der Waals surface area contributed by atoms with E-state index in [9.17, 15) is 18.7 Å². The maximum absolute atomic E-state index is 12.8. The van der Waals surface area contributed by atoms with Crippen molar-refractivity contribution in [2.24, 2.45) is 0 Å². The van der Waals surface area contributed by atoms with E-state index in [0.29, 0.717) is 0 Å². The zero-order chi connectivity index (χ0) is 16.4. The average Bonchev–Trinajstić information content (AvgIpc) is 3.05. The minimum absolute atomic E-state index is 0.0951. The van der Waals surface area contributed by atoms with Crippen LogP contribution in [0.3, 0.4) is 0 Å². The zero-order valence-electron chi connectivity index (χ0n) is 12.4. The second-order valence-electron chi connectivity index (χ2n) is 5.68. The molecule has 0 radical (unpaired) electrons. The highest BCUT2D eigenvalue weighted by molar-refractivity contribution is 5.92. The number of aromatic nitrogens is 2.